The van der Waals surface area contributed by atoms with Gasteiger partial charge in [0.15, 0.2) is 0 Å². The van der Waals surface area contributed by atoms with Gasteiger partial charge in [0.25, 0.3) is 11.3 Å². The first-order chi connectivity index (χ1) is 16.3. The van der Waals surface area contributed by atoms with Crippen LogP contribution in [0.25, 0.3) is 11.1 Å². The molecule has 0 aliphatic carbocycles. The third-order valence-corrected chi connectivity index (χ3v) is 7.11. The Hall–Kier alpha value is -2.68. The van der Waals surface area contributed by atoms with E-state index in [-0.39, 0.29) is 17.7 Å². The second-order valence-electron chi connectivity index (χ2n) is 8.11. The van der Waals surface area contributed by atoms with E-state index in [0.717, 1.165) is 22.0 Å². The van der Waals surface area contributed by atoms with Gasteiger partial charge in [-0.25, -0.2) is 4.21 Å². The first-order valence-electron chi connectivity index (χ1n) is 11.1. The maximum atomic E-state index is 12.1. The number of phenols is 1. The number of anilines is 2. The molecule has 3 aromatic rings. The summed E-state index contributed by atoms with van der Waals surface area (Å²) in [6, 6.07) is 22.2. The topological polar surface area (TPSA) is 81.1 Å². The molecular weight excluding hydrogens is 516 g/mol. The molecule has 0 spiro atoms. The smallest absolute Gasteiger partial charge is 0.262 e. The van der Waals surface area contributed by atoms with Crippen molar-refractivity contribution in [3.05, 3.63) is 77.3 Å². The van der Waals surface area contributed by atoms with Crippen LogP contribution in [0.3, 0.4) is 0 Å². The molecule has 2 N–H and O–H groups in total. The number of aromatic hydroxyl groups is 1. The minimum atomic E-state index is -2.16. The predicted molar refractivity (Wildman–Crippen MR) is 142 cm³/mol. The third-order valence-electron chi connectivity index (χ3n) is 5.67. The standard InChI is InChI=1S/C26H29BrN2O4S/c1-19(7-5-6-18-28(20(2)30)25-8-3-4-9-26(25)31)29(34(32)33)24-16-12-22(13-17-24)21-10-14-23(27)15-11-21/h3-4,8-17,19,31H,5-7,18H2,1-2H3,(H,32,33). The van der Waals surface area contributed by atoms with Gasteiger partial charge in [0, 0.05) is 24.0 Å². The van der Waals surface area contributed by atoms with Crippen LogP contribution >= 0.6 is 15.9 Å². The van der Waals surface area contributed by atoms with Crippen LogP contribution in [0.1, 0.15) is 33.1 Å². The maximum Gasteiger partial charge on any atom is 0.262 e. The molecule has 180 valence electrons. The summed E-state index contributed by atoms with van der Waals surface area (Å²) in [7, 11) is 0. The zero-order valence-electron chi connectivity index (χ0n) is 19.2. The zero-order chi connectivity index (χ0) is 24.7. The van der Waals surface area contributed by atoms with Crippen molar-refractivity contribution in [3.63, 3.8) is 0 Å². The number of carbonyl (C=O) groups is 1. The normalized spacial score (nSPS) is 12.7. The molecule has 3 aromatic carbocycles. The van der Waals surface area contributed by atoms with E-state index in [0.29, 0.717) is 30.8 Å². The Labute approximate surface area is 211 Å². The van der Waals surface area contributed by atoms with Crippen LogP contribution in [0.15, 0.2) is 77.3 Å². The molecule has 0 aliphatic heterocycles. The van der Waals surface area contributed by atoms with E-state index in [4.69, 9.17) is 0 Å². The zero-order valence-corrected chi connectivity index (χ0v) is 21.6. The van der Waals surface area contributed by atoms with Crippen molar-refractivity contribution in [2.45, 2.75) is 39.2 Å². The molecule has 1 amide bonds. The highest BCUT2D eigenvalue weighted by atomic mass is 79.9. The molecule has 3 rings (SSSR count). The summed E-state index contributed by atoms with van der Waals surface area (Å²) >= 11 is 1.27. The number of para-hydroxylation sites is 2. The Morgan fingerprint density at radius 2 is 1.56 bits per heavy atom. The molecule has 34 heavy (non-hydrogen) atoms. The average Bonchev–Trinajstić information content (AvgIpc) is 2.80. The van der Waals surface area contributed by atoms with Crippen LogP contribution < -0.4 is 9.21 Å². The number of carbonyl (C=O) groups excluding carboxylic acids is 1. The number of amides is 1. The van der Waals surface area contributed by atoms with Gasteiger partial charge in [-0.05, 0) is 73.7 Å². The highest BCUT2D eigenvalue weighted by molar-refractivity contribution is 9.10. The molecule has 0 aliphatic rings. The molecule has 0 saturated carbocycles. The van der Waals surface area contributed by atoms with Crippen LogP contribution in [-0.2, 0) is 16.1 Å². The van der Waals surface area contributed by atoms with Crippen molar-refractivity contribution >= 4 is 44.5 Å². The number of nitrogens with zero attached hydrogens (tertiary/aromatic N) is 2. The number of unbranched alkanes of at least 4 members (excludes halogenated alkanes) is 1. The van der Waals surface area contributed by atoms with E-state index >= 15 is 0 Å². The first-order valence-corrected chi connectivity index (χ1v) is 13.0. The second-order valence-corrected chi connectivity index (χ2v) is 9.88. The number of phenolic OH excluding ortho intramolecular Hbond substituents is 1. The lowest BCUT2D eigenvalue weighted by molar-refractivity contribution is -0.116. The lowest BCUT2D eigenvalue weighted by atomic mass is 10.1. The molecule has 6 nitrogen and oxygen atoms in total. The fourth-order valence-corrected chi connectivity index (χ4v) is 4.89. The van der Waals surface area contributed by atoms with Crippen molar-refractivity contribution in [2.24, 2.45) is 0 Å². The largest absolute Gasteiger partial charge is 0.506 e. The monoisotopic (exact) mass is 544 g/mol. The number of hydrogen-bond donors (Lipinski definition) is 2. The highest BCUT2D eigenvalue weighted by Gasteiger charge is 2.20. The van der Waals surface area contributed by atoms with E-state index in [1.54, 1.807) is 29.2 Å². The van der Waals surface area contributed by atoms with Gasteiger partial charge in [0.2, 0.25) is 5.91 Å². The van der Waals surface area contributed by atoms with Crippen molar-refractivity contribution in [1.82, 2.24) is 0 Å². The molecule has 0 fully saturated rings. The van der Waals surface area contributed by atoms with Crippen molar-refractivity contribution in [2.75, 3.05) is 15.7 Å². The van der Waals surface area contributed by atoms with Crippen LogP contribution in [0.5, 0.6) is 5.75 Å². The molecule has 0 saturated heterocycles. The summed E-state index contributed by atoms with van der Waals surface area (Å²) in [5, 5.41) is 10.1. The number of rotatable bonds is 10. The van der Waals surface area contributed by atoms with Gasteiger partial charge in [-0.1, -0.05) is 52.3 Å². The van der Waals surface area contributed by atoms with Crippen molar-refractivity contribution in [3.8, 4) is 16.9 Å². The summed E-state index contributed by atoms with van der Waals surface area (Å²) in [5.74, 6) is -0.0713. The quantitative estimate of drug-likeness (QED) is 0.229. The fourth-order valence-electron chi connectivity index (χ4n) is 3.91. The molecule has 0 bridgehead atoms. The van der Waals surface area contributed by atoms with E-state index < -0.39 is 11.3 Å². The van der Waals surface area contributed by atoms with Gasteiger partial charge < -0.3 is 10.0 Å². The summed E-state index contributed by atoms with van der Waals surface area (Å²) < 4.78 is 24.6. The van der Waals surface area contributed by atoms with Gasteiger partial charge in [-0.2, -0.15) is 0 Å². The molecule has 2 unspecified atom stereocenters. The third kappa shape index (κ3) is 6.68. The highest BCUT2D eigenvalue weighted by Crippen LogP contribution is 2.29. The molecular formula is C26H29BrN2O4S. The lowest BCUT2D eigenvalue weighted by Gasteiger charge is -2.28. The second kappa shape index (κ2) is 12.1. The summed E-state index contributed by atoms with van der Waals surface area (Å²) in [4.78, 5) is 13.6. The van der Waals surface area contributed by atoms with E-state index in [2.05, 4.69) is 15.9 Å². The Kier molecular flexibility index (Phi) is 9.27. The SMILES string of the molecule is CC(=O)N(CCCCC(C)N(c1ccc(-c2ccc(Br)cc2)cc1)S(=O)O)c1ccccc1O. The van der Waals surface area contributed by atoms with Gasteiger partial charge >= 0.3 is 0 Å². The molecule has 0 aromatic heterocycles. The molecule has 0 radical (unpaired) electrons. The van der Waals surface area contributed by atoms with Crippen molar-refractivity contribution < 1.29 is 18.7 Å². The molecule has 0 heterocycles. The Morgan fingerprint density at radius 1 is 0.971 bits per heavy atom. The first kappa shape index (κ1) is 25.9. The van der Waals surface area contributed by atoms with E-state index in [1.165, 1.54) is 11.2 Å². The molecule has 8 heteroatoms. The summed E-state index contributed by atoms with van der Waals surface area (Å²) in [5.41, 5.74) is 3.26. The Balaban J connectivity index is 1.61. The number of hydrogen-bond acceptors (Lipinski definition) is 3. The van der Waals surface area contributed by atoms with Gasteiger partial charge in [-0.15, -0.1) is 0 Å². The predicted octanol–water partition coefficient (Wildman–Crippen LogP) is 6.38. The van der Waals surface area contributed by atoms with Crippen molar-refractivity contribution in [1.29, 1.82) is 0 Å². The number of benzene rings is 3. The minimum absolute atomic E-state index is 0.0690. The van der Waals surface area contributed by atoms with E-state index in [1.807, 2.05) is 55.5 Å². The Morgan fingerprint density at radius 3 is 2.12 bits per heavy atom. The average molecular weight is 545 g/mol. The van der Waals surface area contributed by atoms with Crippen LogP contribution in [0.2, 0.25) is 0 Å². The lowest BCUT2D eigenvalue weighted by Crippen LogP contribution is -2.35. The van der Waals surface area contributed by atoms with E-state index in [9.17, 15) is 18.7 Å². The summed E-state index contributed by atoms with van der Waals surface area (Å²) in [6.07, 6.45) is 2.13. The maximum absolute atomic E-state index is 12.1. The summed E-state index contributed by atoms with van der Waals surface area (Å²) in [6.45, 7) is 3.86. The van der Waals surface area contributed by atoms with Crippen LogP contribution in [0, 0.1) is 0 Å². The fraction of sp³-hybridized carbons (Fsp3) is 0.269. The number of halogens is 1. The minimum Gasteiger partial charge on any atom is -0.506 e. The van der Waals surface area contributed by atoms with Gasteiger partial charge in [0.05, 0.1) is 11.4 Å². The van der Waals surface area contributed by atoms with Crippen LogP contribution in [-0.4, -0.2) is 32.4 Å². The van der Waals surface area contributed by atoms with Gasteiger partial charge in [0.1, 0.15) is 5.75 Å². The van der Waals surface area contributed by atoms with Gasteiger partial charge in [-0.3, -0.25) is 13.7 Å². The van der Waals surface area contributed by atoms with Crippen LogP contribution in [0.4, 0.5) is 11.4 Å². The molecule has 2 atom stereocenters. The Bertz CT molecular complexity index is 1120.